The number of nitrogens with one attached hydrogen (secondary N) is 1. The summed E-state index contributed by atoms with van der Waals surface area (Å²) in [5, 5.41) is 9.96. The zero-order valence-electron chi connectivity index (χ0n) is 9.39. The van der Waals surface area contributed by atoms with Crippen LogP contribution in [-0.2, 0) is 6.54 Å². The molecular formula is C10H18N4OS. The number of aromatic nitrogens is 1. The molecule has 5 nitrogen and oxygen atoms in total. The second-order valence-corrected chi connectivity index (χ2v) is 5.58. The maximum Gasteiger partial charge on any atom is 0.197 e. The predicted octanol–water partition coefficient (Wildman–Crippen LogP) is 0.631. The smallest absolute Gasteiger partial charge is 0.197 e. The second-order valence-electron chi connectivity index (χ2n) is 4.46. The van der Waals surface area contributed by atoms with Gasteiger partial charge in [0.15, 0.2) is 5.13 Å². The average Bonchev–Trinajstić information content (AvgIpc) is 2.63. The zero-order valence-corrected chi connectivity index (χ0v) is 10.2. The van der Waals surface area contributed by atoms with Crippen LogP contribution in [0.1, 0.15) is 17.7 Å². The highest BCUT2D eigenvalue weighted by Crippen LogP contribution is 2.28. The van der Waals surface area contributed by atoms with E-state index in [1.807, 2.05) is 6.20 Å². The normalized spacial score (nSPS) is 24.5. The van der Waals surface area contributed by atoms with Gasteiger partial charge in [-0.1, -0.05) is 11.3 Å². The van der Waals surface area contributed by atoms with Gasteiger partial charge in [0.1, 0.15) is 0 Å². The number of nitrogens with zero attached hydrogens (tertiary/aromatic N) is 2. The molecule has 1 aliphatic carbocycles. The van der Waals surface area contributed by atoms with Crippen LogP contribution >= 0.6 is 11.3 Å². The molecule has 0 unspecified atom stereocenters. The number of nitrogen functional groups attached to an aromatic ring is 1. The lowest BCUT2D eigenvalue weighted by molar-refractivity contribution is 0.0275. The molecule has 0 aromatic carbocycles. The van der Waals surface area contributed by atoms with Crippen molar-refractivity contribution in [3.63, 3.8) is 0 Å². The number of nitrogens with two attached hydrogens (primary N) is 1. The number of rotatable bonds is 5. The Labute approximate surface area is 99.3 Å². The van der Waals surface area contributed by atoms with E-state index in [1.54, 1.807) is 11.3 Å². The Morgan fingerprint density at radius 2 is 2.44 bits per heavy atom. The van der Waals surface area contributed by atoms with E-state index in [-0.39, 0.29) is 6.10 Å². The van der Waals surface area contributed by atoms with E-state index < -0.39 is 0 Å². The summed E-state index contributed by atoms with van der Waals surface area (Å²) in [4.78, 5) is 7.60. The third-order valence-electron chi connectivity index (χ3n) is 2.88. The van der Waals surface area contributed by atoms with E-state index in [2.05, 4.69) is 22.4 Å². The number of hydrogen-bond donors (Lipinski definition) is 3. The van der Waals surface area contributed by atoms with Crippen LogP contribution in [0.5, 0.6) is 0 Å². The lowest BCUT2D eigenvalue weighted by Crippen LogP contribution is -2.36. The summed E-state index contributed by atoms with van der Waals surface area (Å²) in [7, 11) is 2.10. The molecule has 4 N–H and O–H groups in total. The lowest BCUT2D eigenvalue weighted by Gasteiger charge is -2.34. The first-order valence-corrected chi connectivity index (χ1v) is 6.27. The molecule has 1 saturated carbocycles. The Bertz CT molecular complexity index is 337. The van der Waals surface area contributed by atoms with E-state index >= 15 is 0 Å². The first kappa shape index (κ1) is 11.8. The number of hydrazine groups is 1. The number of thiazole rings is 1. The summed E-state index contributed by atoms with van der Waals surface area (Å²) in [6.07, 6.45) is 3.69. The Balaban J connectivity index is 1.76. The topological polar surface area (TPSA) is 74.4 Å². The highest BCUT2D eigenvalue weighted by atomic mass is 32.1. The first-order chi connectivity index (χ1) is 7.67. The molecule has 2 rings (SSSR count). The van der Waals surface area contributed by atoms with Crippen molar-refractivity contribution >= 4 is 16.5 Å². The molecule has 0 bridgehead atoms. The summed E-state index contributed by atoms with van der Waals surface area (Å²) < 4.78 is 0. The van der Waals surface area contributed by atoms with Gasteiger partial charge in [-0.15, -0.1) is 0 Å². The zero-order chi connectivity index (χ0) is 11.5. The Morgan fingerprint density at radius 1 is 1.69 bits per heavy atom. The van der Waals surface area contributed by atoms with Crippen molar-refractivity contribution in [3.05, 3.63) is 11.1 Å². The monoisotopic (exact) mass is 242 g/mol. The molecule has 1 heterocycles. The standard InChI is InChI=1S/C10H18N4OS/c1-14(5-7-2-8(15)3-7)6-9-4-12-10(13-11)16-9/h4,7-8,15H,2-3,5-6,11H2,1H3,(H,12,13). The SMILES string of the molecule is CN(Cc1cnc(NN)s1)CC1CC(O)C1. The summed E-state index contributed by atoms with van der Waals surface area (Å²) in [5.74, 6) is 5.93. The van der Waals surface area contributed by atoms with Gasteiger partial charge in [0.25, 0.3) is 0 Å². The van der Waals surface area contributed by atoms with Gasteiger partial charge in [0.05, 0.1) is 6.10 Å². The summed E-state index contributed by atoms with van der Waals surface area (Å²) in [6, 6.07) is 0. The third-order valence-corrected chi connectivity index (χ3v) is 3.80. The number of aliphatic hydroxyl groups is 1. The van der Waals surface area contributed by atoms with Gasteiger partial charge in [-0.05, 0) is 25.8 Å². The van der Waals surface area contributed by atoms with Gasteiger partial charge in [0.2, 0.25) is 0 Å². The largest absolute Gasteiger partial charge is 0.393 e. The Hall–Kier alpha value is -0.690. The molecule has 1 aromatic rings. The van der Waals surface area contributed by atoms with Crippen LogP contribution in [-0.4, -0.2) is 34.7 Å². The fourth-order valence-electron chi connectivity index (χ4n) is 2.07. The van der Waals surface area contributed by atoms with Crippen molar-refractivity contribution in [2.24, 2.45) is 11.8 Å². The molecule has 90 valence electrons. The molecule has 0 atom stereocenters. The van der Waals surface area contributed by atoms with Crippen LogP contribution in [0.25, 0.3) is 0 Å². The fraction of sp³-hybridized carbons (Fsp3) is 0.700. The lowest BCUT2D eigenvalue weighted by atomic mass is 9.82. The third kappa shape index (κ3) is 2.91. The van der Waals surface area contributed by atoms with Crippen LogP contribution in [0.4, 0.5) is 5.13 Å². The average molecular weight is 242 g/mol. The number of aliphatic hydroxyl groups excluding tert-OH is 1. The van der Waals surface area contributed by atoms with E-state index in [0.29, 0.717) is 5.92 Å². The predicted molar refractivity (Wildman–Crippen MR) is 65.0 cm³/mol. The van der Waals surface area contributed by atoms with Crippen molar-refractivity contribution in [2.75, 3.05) is 19.0 Å². The molecule has 16 heavy (non-hydrogen) atoms. The summed E-state index contributed by atoms with van der Waals surface area (Å²) >= 11 is 1.58. The van der Waals surface area contributed by atoms with Gasteiger partial charge < -0.3 is 10.0 Å². The molecule has 0 spiro atoms. The van der Waals surface area contributed by atoms with E-state index in [4.69, 9.17) is 5.84 Å². The van der Waals surface area contributed by atoms with Crippen molar-refractivity contribution in [1.82, 2.24) is 9.88 Å². The summed E-state index contributed by atoms with van der Waals surface area (Å²) in [6.45, 7) is 1.94. The molecular weight excluding hydrogens is 224 g/mol. The summed E-state index contributed by atoms with van der Waals surface area (Å²) in [5.41, 5.74) is 2.55. The van der Waals surface area contributed by atoms with Crippen LogP contribution in [0.3, 0.4) is 0 Å². The molecule has 6 heteroatoms. The molecule has 0 saturated heterocycles. The van der Waals surface area contributed by atoms with Gasteiger partial charge in [-0.25, -0.2) is 10.8 Å². The second kappa shape index (κ2) is 5.09. The van der Waals surface area contributed by atoms with Gasteiger partial charge >= 0.3 is 0 Å². The van der Waals surface area contributed by atoms with Crippen LogP contribution < -0.4 is 11.3 Å². The molecule has 1 aliphatic rings. The quantitative estimate of drug-likeness (QED) is 0.522. The van der Waals surface area contributed by atoms with E-state index in [9.17, 15) is 5.11 Å². The van der Waals surface area contributed by atoms with Gasteiger partial charge in [-0.3, -0.25) is 5.43 Å². The van der Waals surface area contributed by atoms with Gasteiger partial charge in [-0.2, -0.15) is 0 Å². The maximum atomic E-state index is 9.21. The maximum absolute atomic E-state index is 9.21. The molecule has 1 fully saturated rings. The Kier molecular flexibility index (Phi) is 3.75. The van der Waals surface area contributed by atoms with Crippen molar-refractivity contribution in [3.8, 4) is 0 Å². The van der Waals surface area contributed by atoms with Crippen LogP contribution in [0, 0.1) is 5.92 Å². The molecule has 0 aliphatic heterocycles. The molecule has 0 amide bonds. The highest BCUT2D eigenvalue weighted by molar-refractivity contribution is 7.15. The van der Waals surface area contributed by atoms with Crippen LogP contribution in [0.2, 0.25) is 0 Å². The van der Waals surface area contributed by atoms with E-state index in [1.165, 1.54) is 4.88 Å². The van der Waals surface area contributed by atoms with Crippen molar-refractivity contribution in [2.45, 2.75) is 25.5 Å². The minimum atomic E-state index is -0.0603. The minimum Gasteiger partial charge on any atom is -0.393 e. The number of hydrogen-bond acceptors (Lipinski definition) is 6. The van der Waals surface area contributed by atoms with Crippen molar-refractivity contribution < 1.29 is 5.11 Å². The first-order valence-electron chi connectivity index (χ1n) is 5.45. The van der Waals surface area contributed by atoms with Crippen LogP contribution in [0.15, 0.2) is 6.20 Å². The van der Waals surface area contributed by atoms with Gasteiger partial charge in [0, 0.05) is 24.2 Å². The molecule has 1 aromatic heterocycles. The van der Waals surface area contributed by atoms with Crippen molar-refractivity contribution in [1.29, 1.82) is 0 Å². The highest BCUT2D eigenvalue weighted by Gasteiger charge is 2.27. The fourth-order valence-corrected chi connectivity index (χ4v) is 2.87. The Morgan fingerprint density at radius 3 is 3.00 bits per heavy atom. The molecule has 0 radical (unpaired) electrons. The van der Waals surface area contributed by atoms with E-state index in [0.717, 1.165) is 31.1 Å². The number of anilines is 1. The minimum absolute atomic E-state index is 0.0603.